The highest BCUT2D eigenvalue weighted by atomic mass is 16.5. The van der Waals surface area contributed by atoms with Gasteiger partial charge in [0.25, 0.3) is 0 Å². The molecule has 0 bridgehead atoms. The van der Waals surface area contributed by atoms with Crippen LogP contribution < -0.4 is 14.5 Å². The van der Waals surface area contributed by atoms with Crippen molar-refractivity contribution in [2.24, 2.45) is 23.7 Å². The quantitative estimate of drug-likeness (QED) is 0.291. The number of benzene rings is 2. The first-order valence-corrected chi connectivity index (χ1v) is 12.0. The Balaban J connectivity index is 1.28. The van der Waals surface area contributed by atoms with Crippen molar-refractivity contribution in [2.45, 2.75) is 33.6 Å². The van der Waals surface area contributed by atoms with Crippen LogP contribution >= 0.6 is 0 Å². The van der Waals surface area contributed by atoms with Crippen molar-refractivity contribution in [3.05, 3.63) is 65.7 Å². The summed E-state index contributed by atoms with van der Waals surface area (Å²) in [6, 6.07) is 12.5. The summed E-state index contributed by atoms with van der Waals surface area (Å²) in [5.41, 5.74) is 3.04. The predicted molar refractivity (Wildman–Crippen MR) is 131 cm³/mol. The van der Waals surface area contributed by atoms with Gasteiger partial charge in [-0.3, -0.25) is 19.2 Å². The minimum atomic E-state index is -0.567. The molecule has 7 nitrogen and oxygen atoms in total. The number of hydrogen-bond donors (Lipinski definition) is 0. The number of imide groups is 1. The second-order valence-corrected chi connectivity index (χ2v) is 9.78. The first-order chi connectivity index (χ1) is 16.7. The van der Waals surface area contributed by atoms with Crippen LogP contribution in [0.15, 0.2) is 54.6 Å². The lowest BCUT2D eigenvalue weighted by molar-refractivity contribution is -0.139. The van der Waals surface area contributed by atoms with Gasteiger partial charge in [-0.1, -0.05) is 36.8 Å². The molecule has 180 valence electrons. The average molecular weight is 473 g/mol. The molecule has 2 aromatic rings. The van der Waals surface area contributed by atoms with Gasteiger partial charge in [0, 0.05) is 18.7 Å². The lowest BCUT2D eigenvalue weighted by atomic mass is 9.78. The van der Waals surface area contributed by atoms with Gasteiger partial charge in [0.05, 0.1) is 23.4 Å². The van der Waals surface area contributed by atoms with Crippen LogP contribution in [0.1, 0.15) is 30.9 Å². The topological polar surface area (TPSA) is 84.0 Å². The van der Waals surface area contributed by atoms with E-state index in [0.717, 1.165) is 11.3 Å². The first-order valence-electron chi connectivity index (χ1n) is 12.0. The van der Waals surface area contributed by atoms with E-state index in [1.807, 2.05) is 50.3 Å². The smallest absolute Gasteiger partial charge is 0.316 e. The molecule has 3 amide bonds. The predicted octanol–water partition coefficient (Wildman–Crippen LogP) is 3.96. The zero-order valence-electron chi connectivity index (χ0n) is 20.1. The number of rotatable bonds is 4. The molecule has 7 heteroatoms. The van der Waals surface area contributed by atoms with Gasteiger partial charge in [0.2, 0.25) is 17.7 Å². The monoisotopic (exact) mass is 472 g/mol. The minimum Gasteiger partial charge on any atom is -0.426 e. The van der Waals surface area contributed by atoms with Gasteiger partial charge in [-0.15, -0.1) is 0 Å². The molecule has 2 aliphatic heterocycles. The zero-order valence-corrected chi connectivity index (χ0v) is 20.1. The molecule has 0 aromatic heterocycles. The fourth-order valence-electron chi connectivity index (χ4n) is 5.37. The molecular formula is C28H28N2O5. The van der Waals surface area contributed by atoms with Crippen molar-refractivity contribution in [1.29, 1.82) is 0 Å². The molecule has 2 fully saturated rings. The summed E-state index contributed by atoms with van der Waals surface area (Å²) in [5.74, 6) is -1.82. The number of carbonyl (C=O) groups excluding carboxylic acids is 4. The largest absolute Gasteiger partial charge is 0.426 e. The number of amides is 3. The Morgan fingerprint density at radius 2 is 1.74 bits per heavy atom. The van der Waals surface area contributed by atoms with Crippen molar-refractivity contribution in [3.63, 3.8) is 0 Å². The maximum atomic E-state index is 13.1. The molecule has 2 heterocycles. The number of hydrogen-bond acceptors (Lipinski definition) is 5. The highest BCUT2D eigenvalue weighted by Crippen LogP contribution is 2.41. The van der Waals surface area contributed by atoms with Gasteiger partial charge in [0.1, 0.15) is 5.75 Å². The van der Waals surface area contributed by atoms with Gasteiger partial charge in [0.15, 0.2) is 0 Å². The van der Waals surface area contributed by atoms with Crippen LogP contribution in [0, 0.1) is 37.5 Å². The number of nitrogens with zero attached hydrogens (tertiary/aromatic N) is 2. The van der Waals surface area contributed by atoms with Crippen molar-refractivity contribution >= 4 is 35.1 Å². The van der Waals surface area contributed by atoms with E-state index < -0.39 is 11.9 Å². The van der Waals surface area contributed by atoms with Crippen LogP contribution in [0.25, 0.3) is 0 Å². The highest BCUT2D eigenvalue weighted by molar-refractivity contribution is 6.22. The lowest BCUT2D eigenvalue weighted by Crippen LogP contribution is -2.32. The standard InChI is InChI=1S/C28H28N2O5/c1-16-7-9-20(10-8-16)29-15-19(14-24(29)31)28(34)35-21-11-12-23(18(3)13-21)30-26(32)22-6-4-5-17(2)25(22)27(30)33/h4-5,7-13,17,19,22,25H,6,14-15H2,1-3H3/t17-,19-,22+,25+/m1/s1. The van der Waals surface area contributed by atoms with Crippen molar-refractivity contribution in [3.8, 4) is 5.75 Å². The average Bonchev–Trinajstić information content (AvgIpc) is 3.33. The number of esters is 1. The molecule has 0 radical (unpaired) electrons. The highest BCUT2D eigenvalue weighted by Gasteiger charge is 2.50. The molecule has 5 rings (SSSR count). The second-order valence-electron chi connectivity index (χ2n) is 9.78. The Kier molecular flexibility index (Phi) is 5.79. The number of allylic oxidation sites excluding steroid dienone is 2. The molecule has 3 aliphatic rings. The third kappa shape index (κ3) is 4.05. The molecule has 0 saturated carbocycles. The fraction of sp³-hybridized carbons (Fsp3) is 0.357. The summed E-state index contributed by atoms with van der Waals surface area (Å²) in [6.07, 6.45) is 4.64. The molecule has 2 saturated heterocycles. The van der Waals surface area contributed by atoms with E-state index in [4.69, 9.17) is 4.74 Å². The lowest BCUT2D eigenvalue weighted by Gasteiger charge is -2.22. The summed E-state index contributed by atoms with van der Waals surface area (Å²) >= 11 is 0. The maximum absolute atomic E-state index is 13.1. The molecule has 0 unspecified atom stereocenters. The van der Waals surface area contributed by atoms with E-state index in [0.29, 0.717) is 23.4 Å². The Hall–Kier alpha value is -3.74. The number of aryl methyl sites for hydroxylation is 2. The van der Waals surface area contributed by atoms with E-state index >= 15 is 0 Å². The maximum Gasteiger partial charge on any atom is 0.316 e. The van der Waals surface area contributed by atoms with Gasteiger partial charge in [-0.25, -0.2) is 4.90 Å². The molecule has 0 N–H and O–H groups in total. The zero-order chi connectivity index (χ0) is 24.9. The molecule has 35 heavy (non-hydrogen) atoms. The van der Waals surface area contributed by atoms with E-state index in [1.165, 1.54) is 4.90 Å². The number of ether oxygens (including phenoxy) is 1. The summed E-state index contributed by atoms with van der Waals surface area (Å²) in [7, 11) is 0. The molecule has 1 aliphatic carbocycles. The van der Waals surface area contributed by atoms with Gasteiger partial charge >= 0.3 is 5.97 Å². The number of fused-ring (bicyclic) bond motifs is 1. The van der Waals surface area contributed by atoms with Crippen molar-refractivity contribution in [2.75, 3.05) is 16.3 Å². The van der Waals surface area contributed by atoms with Crippen LogP contribution in [0.4, 0.5) is 11.4 Å². The van der Waals surface area contributed by atoms with Crippen LogP contribution in [-0.2, 0) is 19.2 Å². The van der Waals surface area contributed by atoms with Crippen LogP contribution in [0.2, 0.25) is 0 Å². The third-order valence-corrected chi connectivity index (χ3v) is 7.30. The molecule has 0 spiro atoms. The second kappa shape index (κ2) is 8.80. The van der Waals surface area contributed by atoms with Crippen molar-refractivity contribution in [1.82, 2.24) is 0 Å². The van der Waals surface area contributed by atoms with E-state index in [9.17, 15) is 19.2 Å². The van der Waals surface area contributed by atoms with Gasteiger partial charge < -0.3 is 9.64 Å². The Morgan fingerprint density at radius 3 is 2.43 bits per heavy atom. The van der Waals surface area contributed by atoms with Crippen LogP contribution in [0.5, 0.6) is 5.75 Å². The number of anilines is 2. The van der Waals surface area contributed by atoms with Crippen LogP contribution in [-0.4, -0.2) is 30.2 Å². The van der Waals surface area contributed by atoms with E-state index in [1.54, 1.807) is 30.0 Å². The third-order valence-electron chi connectivity index (χ3n) is 7.30. The SMILES string of the molecule is Cc1ccc(N2C[C@H](C(=O)Oc3ccc(N4C(=O)[C@H]5[C@H](C)C=CC[C@@H]5C4=O)c(C)c3)CC2=O)cc1. The Morgan fingerprint density at radius 1 is 1.00 bits per heavy atom. The molecular weight excluding hydrogens is 444 g/mol. The number of carbonyl (C=O) groups is 4. The van der Waals surface area contributed by atoms with E-state index in [-0.39, 0.29) is 48.4 Å². The van der Waals surface area contributed by atoms with Gasteiger partial charge in [-0.2, -0.15) is 0 Å². The summed E-state index contributed by atoms with van der Waals surface area (Å²) in [6.45, 7) is 5.99. The normalized spacial score (nSPS) is 25.9. The first kappa shape index (κ1) is 23.0. The molecule has 4 atom stereocenters. The summed E-state index contributed by atoms with van der Waals surface area (Å²) in [5, 5.41) is 0. The fourth-order valence-corrected chi connectivity index (χ4v) is 5.37. The van der Waals surface area contributed by atoms with Gasteiger partial charge in [-0.05, 0) is 62.1 Å². The Bertz CT molecular complexity index is 1250. The van der Waals surface area contributed by atoms with Crippen LogP contribution in [0.3, 0.4) is 0 Å². The summed E-state index contributed by atoms with van der Waals surface area (Å²) in [4.78, 5) is 54.4. The minimum absolute atomic E-state index is 0.0179. The molecule has 2 aromatic carbocycles. The van der Waals surface area contributed by atoms with Crippen molar-refractivity contribution < 1.29 is 23.9 Å². The summed E-state index contributed by atoms with van der Waals surface area (Å²) < 4.78 is 5.60. The Labute approximate surface area is 204 Å². The van der Waals surface area contributed by atoms with E-state index in [2.05, 4.69) is 0 Å².